The topological polar surface area (TPSA) is 43.3 Å². The monoisotopic (exact) mass is 300 g/mol. The summed E-state index contributed by atoms with van der Waals surface area (Å²) in [6.07, 6.45) is 4.09. The molecule has 1 aliphatic heterocycles. The number of halogens is 1. The Bertz CT molecular complexity index is 413. The highest BCUT2D eigenvalue weighted by atomic mass is 79.9. The zero-order valence-electron chi connectivity index (χ0n) is 9.69. The van der Waals surface area contributed by atoms with E-state index in [1.807, 2.05) is 6.20 Å². The van der Waals surface area contributed by atoms with E-state index in [1.54, 1.807) is 16.7 Å². The summed E-state index contributed by atoms with van der Waals surface area (Å²) in [5.41, 5.74) is 0.0517. The smallest absolute Gasteiger partial charge is 0.250 e. The van der Waals surface area contributed by atoms with E-state index in [0.717, 1.165) is 43.6 Å². The Morgan fingerprint density at radius 2 is 2.41 bits per heavy atom. The molecule has 2 heterocycles. The molecule has 0 amide bonds. The molecule has 1 aromatic rings. The van der Waals surface area contributed by atoms with Gasteiger partial charge in [0.05, 0.1) is 12.7 Å². The van der Waals surface area contributed by atoms with E-state index in [-0.39, 0.29) is 5.56 Å². The van der Waals surface area contributed by atoms with Crippen molar-refractivity contribution in [2.45, 2.75) is 25.5 Å². The predicted octanol–water partition coefficient (Wildman–Crippen LogP) is 1.38. The van der Waals surface area contributed by atoms with Crippen LogP contribution in [0.3, 0.4) is 0 Å². The Morgan fingerprint density at radius 1 is 1.53 bits per heavy atom. The van der Waals surface area contributed by atoms with E-state index in [9.17, 15) is 4.79 Å². The van der Waals surface area contributed by atoms with Crippen molar-refractivity contribution in [1.82, 2.24) is 9.88 Å². The second-order valence-corrected chi connectivity index (χ2v) is 5.13. The van der Waals surface area contributed by atoms with Gasteiger partial charge >= 0.3 is 0 Å². The first-order valence-electron chi connectivity index (χ1n) is 5.94. The molecule has 1 saturated heterocycles. The molecule has 2 rings (SSSR count). The third-order valence-corrected chi connectivity index (χ3v) is 3.35. The summed E-state index contributed by atoms with van der Waals surface area (Å²) in [5, 5.41) is 3.30. The van der Waals surface area contributed by atoms with Gasteiger partial charge in [0.15, 0.2) is 0 Å². The molecule has 0 spiro atoms. The van der Waals surface area contributed by atoms with Gasteiger partial charge in [0, 0.05) is 36.4 Å². The molecule has 0 saturated carbocycles. The van der Waals surface area contributed by atoms with Gasteiger partial charge in [-0.3, -0.25) is 4.79 Å². The van der Waals surface area contributed by atoms with Gasteiger partial charge in [0.2, 0.25) is 0 Å². The number of ether oxygens (including phenoxy) is 1. The van der Waals surface area contributed by atoms with Crippen LogP contribution >= 0.6 is 15.9 Å². The zero-order chi connectivity index (χ0) is 12.1. The van der Waals surface area contributed by atoms with E-state index < -0.39 is 0 Å². The lowest BCUT2D eigenvalue weighted by molar-refractivity contribution is 0.0217. The Labute approximate surface area is 109 Å². The molecule has 1 atom stereocenters. The minimum atomic E-state index is 0.0517. The van der Waals surface area contributed by atoms with Crippen LogP contribution in [0.15, 0.2) is 27.6 Å². The van der Waals surface area contributed by atoms with E-state index in [2.05, 4.69) is 21.2 Å². The maximum atomic E-state index is 11.6. The fourth-order valence-electron chi connectivity index (χ4n) is 1.97. The highest BCUT2D eigenvalue weighted by Gasteiger charge is 2.12. The molecule has 1 fully saturated rings. The maximum Gasteiger partial charge on any atom is 0.250 e. The molecule has 1 N–H and O–H groups in total. The average Bonchev–Trinajstić information content (AvgIpc) is 2.35. The second kappa shape index (κ2) is 6.33. The number of hydrogen-bond acceptors (Lipinski definition) is 3. The largest absolute Gasteiger partial charge is 0.376 e. The predicted molar refractivity (Wildman–Crippen MR) is 70.2 cm³/mol. The van der Waals surface area contributed by atoms with Crippen molar-refractivity contribution in [2.24, 2.45) is 0 Å². The zero-order valence-corrected chi connectivity index (χ0v) is 11.3. The van der Waals surface area contributed by atoms with E-state index >= 15 is 0 Å². The molecule has 5 heteroatoms. The fraction of sp³-hybridized carbons (Fsp3) is 0.583. The van der Waals surface area contributed by atoms with Gasteiger partial charge in [-0.15, -0.1) is 0 Å². The number of hydrogen-bond donors (Lipinski definition) is 1. The molecule has 0 aliphatic carbocycles. The second-order valence-electron chi connectivity index (χ2n) is 4.22. The van der Waals surface area contributed by atoms with Gasteiger partial charge in [-0.2, -0.15) is 0 Å². The number of rotatable bonds is 4. The molecule has 94 valence electrons. The molecule has 1 aromatic heterocycles. The Balaban J connectivity index is 1.81. The molecule has 1 aliphatic rings. The number of pyridine rings is 1. The molecule has 17 heavy (non-hydrogen) atoms. The van der Waals surface area contributed by atoms with Gasteiger partial charge in [-0.1, -0.05) is 0 Å². The van der Waals surface area contributed by atoms with Gasteiger partial charge < -0.3 is 14.6 Å². The van der Waals surface area contributed by atoms with Crippen LogP contribution < -0.4 is 10.9 Å². The van der Waals surface area contributed by atoms with Gasteiger partial charge in [0.1, 0.15) is 0 Å². The van der Waals surface area contributed by atoms with Gasteiger partial charge in [0.25, 0.3) is 5.56 Å². The molecule has 4 nitrogen and oxygen atoms in total. The van der Waals surface area contributed by atoms with Gasteiger partial charge in [-0.25, -0.2) is 0 Å². The first-order chi connectivity index (χ1) is 8.25. The highest BCUT2D eigenvalue weighted by molar-refractivity contribution is 9.10. The lowest BCUT2D eigenvalue weighted by Gasteiger charge is -2.23. The minimum absolute atomic E-state index is 0.0517. The summed E-state index contributed by atoms with van der Waals surface area (Å²) < 4.78 is 8.28. The SMILES string of the molecule is O=c1ccc(Br)cn1CCCC1CNCCO1. The number of aryl methyl sites for hydroxylation is 1. The van der Waals surface area contributed by atoms with Crippen LogP contribution in [0.2, 0.25) is 0 Å². The van der Waals surface area contributed by atoms with Crippen LogP contribution in [0, 0.1) is 0 Å². The molecule has 0 aromatic carbocycles. The van der Waals surface area contributed by atoms with Crippen molar-refractivity contribution in [1.29, 1.82) is 0 Å². The molecular formula is C12H17BrN2O2. The number of nitrogens with one attached hydrogen (secondary N) is 1. The quantitative estimate of drug-likeness (QED) is 0.913. The van der Waals surface area contributed by atoms with Gasteiger partial charge in [-0.05, 0) is 34.8 Å². The normalized spacial score (nSPS) is 20.4. The fourth-order valence-corrected chi connectivity index (χ4v) is 2.35. The highest BCUT2D eigenvalue weighted by Crippen LogP contribution is 2.08. The van der Waals surface area contributed by atoms with Crippen molar-refractivity contribution < 1.29 is 4.74 Å². The lowest BCUT2D eigenvalue weighted by atomic mass is 10.2. The van der Waals surface area contributed by atoms with Crippen LogP contribution in [-0.4, -0.2) is 30.4 Å². The van der Waals surface area contributed by atoms with Crippen molar-refractivity contribution in [3.05, 3.63) is 33.2 Å². The summed E-state index contributed by atoms with van der Waals surface area (Å²) in [6.45, 7) is 3.41. The average molecular weight is 301 g/mol. The number of nitrogens with zero attached hydrogens (tertiary/aromatic N) is 1. The third kappa shape index (κ3) is 3.94. The lowest BCUT2D eigenvalue weighted by Crippen LogP contribution is -2.38. The van der Waals surface area contributed by atoms with E-state index in [1.165, 1.54) is 0 Å². The Kier molecular flexibility index (Phi) is 4.76. The van der Waals surface area contributed by atoms with E-state index in [4.69, 9.17) is 4.74 Å². The Hall–Kier alpha value is -0.650. The standard InChI is InChI=1S/C12H17BrN2O2/c13-10-3-4-12(16)15(9-10)6-1-2-11-8-14-5-7-17-11/h3-4,9,11,14H,1-2,5-8H2. The number of aromatic nitrogens is 1. The summed E-state index contributed by atoms with van der Waals surface area (Å²) >= 11 is 3.37. The first kappa shape index (κ1) is 12.8. The Morgan fingerprint density at radius 3 is 3.18 bits per heavy atom. The molecule has 0 bridgehead atoms. The van der Waals surface area contributed by atoms with Crippen molar-refractivity contribution in [3.63, 3.8) is 0 Å². The maximum absolute atomic E-state index is 11.6. The summed E-state index contributed by atoms with van der Waals surface area (Å²) in [5.74, 6) is 0. The summed E-state index contributed by atoms with van der Waals surface area (Å²) in [7, 11) is 0. The van der Waals surface area contributed by atoms with Crippen LogP contribution in [-0.2, 0) is 11.3 Å². The summed E-state index contributed by atoms with van der Waals surface area (Å²) in [6, 6.07) is 3.36. The summed E-state index contributed by atoms with van der Waals surface area (Å²) in [4.78, 5) is 11.6. The molecular weight excluding hydrogens is 284 g/mol. The number of morpholine rings is 1. The van der Waals surface area contributed by atoms with E-state index in [0.29, 0.717) is 6.10 Å². The van der Waals surface area contributed by atoms with Crippen molar-refractivity contribution >= 4 is 15.9 Å². The van der Waals surface area contributed by atoms with Crippen LogP contribution in [0.25, 0.3) is 0 Å². The molecule has 0 radical (unpaired) electrons. The first-order valence-corrected chi connectivity index (χ1v) is 6.73. The van der Waals surface area contributed by atoms with Crippen LogP contribution in [0.1, 0.15) is 12.8 Å². The minimum Gasteiger partial charge on any atom is -0.376 e. The van der Waals surface area contributed by atoms with Crippen LogP contribution in [0.4, 0.5) is 0 Å². The van der Waals surface area contributed by atoms with Crippen molar-refractivity contribution in [3.8, 4) is 0 Å². The van der Waals surface area contributed by atoms with Crippen molar-refractivity contribution in [2.75, 3.05) is 19.7 Å². The van der Waals surface area contributed by atoms with Crippen LogP contribution in [0.5, 0.6) is 0 Å². The third-order valence-electron chi connectivity index (χ3n) is 2.88. The molecule has 1 unspecified atom stereocenters.